The summed E-state index contributed by atoms with van der Waals surface area (Å²) in [6.45, 7) is 2.16. The largest absolute Gasteiger partial charge is 0.496 e. The van der Waals surface area contributed by atoms with Crippen molar-refractivity contribution in [3.63, 3.8) is 0 Å². The molecule has 4 nitrogen and oxygen atoms in total. The van der Waals surface area contributed by atoms with Crippen LogP contribution in [-0.2, 0) is 9.53 Å². The number of carbonyl (C=O) groups is 1. The lowest BCUT2D eigenvalue weighted by atomic mass is 10.1. The maximum atomic E-state index is 11.0. The fourth-order valence-electron chi connectivity index (χ4n) is 1.44. The second-order valence-electron chi connectivity index (χ2n) is 3.42. The van der Waals surface area contributed by atoms with Crippen LogP contribution < -0.4 is 10.1 Å². The SMILES string of the molecule is COC(=O)CN[C@H](C)c1ccccc1OC. The summed E-state index contributed by atoms with van der Waals surface area (Å²) in [5, 5.41) is 3.07. The fraction of sp³-hybridized carbons (Fsp3) is 0.417. The van der Waals surface area contributed by atoms with Gasteiger partial charge in [0.05, 0.1) is 20.8 Å². The molecule has 0 aliphatic heterocycles. The zero-order valence-corrected chi connectivity index (χ0v) is 9.82. The average Bonchev–Trinajstić information content (AvgIpc) is 2.35. The molecule has 0 aromatic heterocycles. The zero-order chi connectivity index (χ0) is 12.0. The molecule has 88 valence electrons. The number of rotatable bonds is 5. The Morgan fingerprint density at radius 3 is 2.69 bits per heavy atom. The van der Waals surface area contributed by atoms with Crippen LogP contribution in [0.5, 0.6) is 5.75 Å². The van der Waals surface area contributed by atoms with Crippen molar-refractivity contribution in [2.75, 3.05) is 20.8 Å². The number of benzene rings is 1. The van der Waals surface area contributed by atoms with Gasteiger partial charge < -0.3 is 14.8 Å². The first-order chi connectivity index (χ1) is 7.69. The summed E-state index contributed by atoms with van der Waals surface area (Å²) in [5.41, 5.74) is 1.02. The predicted octanol–water partition coefficient (Wildman–Crippen LogP) is 1.52. The Bertz CT molecular complexity index is 352. The molecule has 0 unspecified atom stereocenters. The first-order valence-corrected chi connectivity index (χ1v) is 5.12. The summed E-state index contributed by atoms with van der Waals surface area (Å²) in [5.74, 6) is 0.536. The van der Waals surface area contributed by atoms with Crippen molar-refractivity contribution in [1.29, 1.82) is 0 Å². The molecule has 1 aromatic rings. The fourth-order valence-corrected chi connectivity index (χ4v) is 1.44. The molecule has 0 aliphatic rings. The van der Waals surface area contributed by atoms with E-state index < -0.39 is 0 Å². The monoisotopic (exact) mass is 223 g/mol. The Hall–Kier alpha value is -1.55. The number of methoxy groups -OCH3 is 2. The van der Waals surface area contributed by atoms with Crippen LogP contribution in [-0.4, -0.2) is 26.7 Å². The molecule has 4 heteroatoms. The molecule has 0 radical (unpaired) electrons. The summed E-state index contributed by atoms with van der Waals surface area (Å²) in [7, 11) is 3.00. The van der Waals surface area contributed by atoms with Gasteiger partial charge in [-0.25, -0.2) is 0 Å². The second-order valence-corrected chi connectivity index (χ2v) is 3.42. The number of nitrogens with one attached hydrogen (secondary N) is 1. The van der Waals surface area contributed by atoms with E-state index in [1.807, 2.05) is 31.2 Å². The molecule has 16 heavy (non-hydrogen) atoms. The van der Waals surface area contributed by atoms with Crippen LogP contribution in [0.2, 0.25) is 0 Å². The van der Waals surface area contributed by atoms with Crippen LogP contribution in [0.3, 0.4) is 0 Å². The Balaban J connectivity index is 2.65. The summed E-state index contributed by atoms with van der Waals surface area (Å²) < 4.78 is 9.80. The number of carbonyl (C=O) groups excluding carboxylic acids is 1. The van der Waals surface area contributed by atoms with E-state index in [2.05, 4.69) is 10.1 Å². The molecular weight excluding hydrogens is 206 g/mol. The average molecular weight is 223 g/mol. The number of hydrogen-bond acceptors (Lipinski definition) is 4. The zero-order valence-electron chi connectivity index (χ0n) is 9.82. The minimum Gasteiger partial charge on any atom is -0.496 e. The van der Waals surface area contributed by atoms with Crippen LogP contribution in [0.4, 0.5) is 0 Å². The van der Waals surface area contributed by atoms with Crippen LogP contribution in [0.1, 0.15) is 18.5 Å². The molecule has 0 heterocycles. The highest BCUT2D eigenvalue weighted by Gasteiger charge is 2.11. The van der Waals surface area contributed by atoms with E-state index in [1.165, 1.54) is 7.11 Å². The maximum absolute atomic E-state index is 11.0. The van der Waals surface area contributed by atoms with Crippen molar-refractivity contribution in [1.82, 2.24) is 5.32 Å². The molecule has 0 amide bonds. The van der Waals surface area contributed by atoms with Crippen molar-refractivity contribution >= 4 is 5.97 Å². The van der Waals surface area contributed by atoms with Gasteiger partial charge in [-0.05, 0) is 13.0 Å². The molecule has 0 fully saturated rings. The van der Waals surface area contributed by atoms with E-state index in [0.29, 0.717) is 0 Å². The van der Waals surface area contributed by atoms with Gasteiger partial charge in [0.25, 0.3) is 0 Å². The van der Waals surface area contributed by atoms with E-state index in [-0.39, 0.29) is 18.6 Å². The Morgan fingerprint density at radius 2 is 2.06 bits per heavy atom. The number of hydrogen-bond donors (Lipinski definition) is 1. The molecule has 1 atom stereocenters. The van der Waals surface area contributed by atoms with Gasteiger partial charge in [-0.3, -0.25) is 4.79 Å². The lowest BCUT2D eigenvalue weighted by Crippen LogP contribution is -2.26. The standard InChI is InChI=1S/C12H17NO3/c1-9(13-8-12(14)16-3)10-6-4-5-7-11(10)15-2/h4-7,9,13H,8H2,1-3H3/t9-/m1/s1. The highest BCUT2D eigenvalue weighted by molar-refractivity contribution is 5.71. The molecule has 0 saturated heterocycles. The Labute approximate surface area is 95.6 Å². The third-order valence-electron chi connectivity index (χ3n) is 2.39. The van der Waals surface area contributed by atoms with Gasteiger partial charge >= 0.3 is 5.97 Å². The molecule has 0 aliphatic carbocycles. The third kappa shape index (κ3) is 3.24. The van der Waals surface area contributed by atoms with E-state index in [0.717, 1.165) is 11.3 Å². The van der Waals surface area contributed by atoms with Crippen molar-refractivity contribution in [2.45, 2.75) is 13.0 Å². The van der Waals surface area contributed by atoms with Gasteiger partial charge in [0.15, 0.2) is 0 Å². The van der Waals surface area contributed by atoms with Crippen LogP contribution >= 0.6 is 0 Å². The van der Waals surface area contributed by atoms with Crippen molar-refractivity contribution < 1.29 is 14.3 Å². The highest BCUT2D eigenvalue weighted by Crippen LogP contribution is 2.23. The normalized spacial score (nSPS) is 11.9. The molecule has 1 N–H and O–H groups in total. The smallest absolute Gasteiger partial charge is 0.319 e. The highest BCUT2D eigenvalue weighted by atomic mass is 16.5. The van der Waals surface area contributed by atoms with Crippen LogP contribution in [0, 0.1) is 0 Å². The Morgan fingerprint density at radius 1 is 1.38 bits per heavy atom. The second kappa shape index (κ2) is 6.12. The first kappa shape index (κ1) is 12.5. The van der Waals surface area contributed by atoms with Gasteiger partial charge in [0.2, 0.25) is 0 Å². The molecule has 1 aromatic carbocycles. The lowest BCUT2D eigenvalue weighted by molar-refractivity contribution is -0.139. The molecule has 0 saturated carbocycles. The molecule has 1 rings (SSSR count). The summed E-state index contributed by atoms with van der Waals surface area (Å²) in [6, 6.07) is 7.75. The maximum Gasteiger partial charge on any atom is 0.319 e. The molecule has 0 spiro atoms. The van der Waals surface area contributed by atoms with Crippen molar-refractivity contribution in [3.8, 4) is 5.75 Å². The van der Waals surface area contributed by atoms with Crippen molar-refractivity contribution in [2.24, 2.45) is 0 Å². The van der Waals surface area contributed by atoms with E-state index in [4.69, 9.17) is 4.74 Å². The topological polar surface area (TPSA) is 47.6 Å². The summed E-state index contributed by atoms with van der Waals surface area (Å²) >= 11 is 0. The van der Waals surface area contributed by atoms with E-state index in [9.17, 15) is 4.79 Å². The number of para-hydroxylation sites is 1. The lowest BCUT2D eigenvalue weighted by Gasteiger charge is -2.16. The number of ether oxygens (including phenoxy) is 2. The third-order valence-corrected chi connectivity index (χ3v) is 2.39. The summed E-state index contributed by atoms with van der Waals surface area (Å²) in [4.78, 5) is 11.0. The minimum atomic E-state index is -0.276. The quantitative estimate of drug-likeness (QED) is 0.769. The van der Waals surface area contributed by atoms with Crippen LogP contribution in [0.15, 0.2) is 24.3 Å². The van der Waals surface area contributed by atoms with Crippen molar-refractivity contribution in [3.05, 3.63) is 29.8 Å². The number of esters is 1. The van der Waals surface area contributed by atoms with Crippen LogP contribution in [0.25, 0.3) is 0 Å². The van der Waals surface area contributed by atoms with E-state index in [1.54, 1.807) is 7.11 Å². The van der Waals surface area contributed by atoms with Gasteiger partial charge in [-0.15, -0.1) is 0 Å². The Kier molecular flexibility index (Phi) is 4.79. The molecule has 0 bridgehead atoms. The minimum absolute atomic E-state index is 0.0373. The van der Waals surface area contributed by atoms with Gasteiger partial charge in [-0.1, -0.05) is 18.2 Å². The van der Waals surface area contributed by atoms with Gasteiger partial charge in [-0.2, -0.15) is 0 Å². The van der Waals surface area contributed by atoms with Gasteiger partial charge in [0, 0.05) is 11.6 Å². The predicted molar refractivity (Wildman–Crippen MR) is 61.4 cm³/mol. The molecular formula is C12H17NO3. The van der Waals surface area contributed by atoms with E-state index >= 15 is 0 Å². The first-order valence-electron chi connectivity index (χ1n) is 5.12. The van der Waals surface area contributed by atoms with Gasteiger partial charge in [0.1, 0.15) is 5.75 Å². The summed E-state index contributed by atoms with van der Waals surface area (Å²) in [6.07, 6.45) is 0.